The van der Waals surface area contributed by atoms with Crippen molar-refractivity contribution >= 4 is 0 Å². The molecule has 0 saturated carbocycles. The summed E-state index contributed by atoms with van der Waals surface area (Å²) in [6.07, 6.45) is 4.87. The van der Waals surface area contributed by atoms with Gasteiger partial charge in [-0.1, -0.05) is 13.8 Å². The maximum atomic E-state index is 5.59. The summed E-state index contributed by atoms with van der Waals surface area (Å²) in [4.78, 5) is 0. The number of hydrogen-bond acceptors (Lipinski definition) is 2. The van der Waals surface area contributed by atoms with Crippen molar-refractivity contribution in [1.29, 1.82) is 0 Å². The topological polar surface area (TPSA) is 35.2 Å². The van der Waals surface area contributed by atoms with Gasteiger partial charge in [0.05, 0.1) is 6.10 Å². The minimum atomic E-state index is 0.443. The van der Waals surface area contributed by atoms with Crippen LogP contribution in [0.3, 0.4) is 0 Å². The average Bonchev–Trinajstić information content (AvgIpc) is 2.05. The van der Waals surface area contributed by atoms with Crippen molar-refractivity contribution in [3.05, 3.63) is 0 Å². The van der Waals surface area contributed by atoms with Crippen LogP contribution < -0.4 is 5.73 Å². The van der Waals surface area contributed by atoms with Gasteiger partial charge in [-0.15, -0.1) is 0 Å². The molecule has 0 saturated heterocycles. The molecule has 0 fully saturated rings. The molecule has 68 valence electrons. The second-order valence-electron chi connectivity index (χ2n) is 2.83. The second-order valence-corrected chi connectivity index (χ2v) is 2.83. The van der Waals surface area contributed by atoms with Gasteiger partial charge < -0.3 is 10.5 Å². The smallest absolute Gasteiger partial charge is 0.0573 e. The normalized spacial score (nSPS) is 13.4. The molecular formula is C9H21NO. The molecule has 1 atom stereocenters. The fourth-order valence-corrected chi connectivity index (χ4v) is 1.04. The maximum Gasteiger partial charge on any atom is 0.0573 e. The fourth-order valence-electron chi connectivity index (χ4n) is 1.04. The molecule has 0 heterocycles. The van der Waals surface area contributed by atoms with Gasteiger partial charge in [0, 0.05) is 6.61 Å². The van der Waals surface area contributed by atoms with Crippen molar-refractivity contribution in [3.63, 3.8) is 0 Å². The third-order valence-electron chi connectivity index (χ3n) is 1.74. The Bertz CT molecular complexity index is 68.0. The SMILES string of the molecule is CCCOC(CC)CCCN. The Balaban J connectivity index is 3.25. The minimum Gasteiger partial charge on any atom is -0.378 e. The number of nitrogens with two attached hydrogens (primary N) is 1. The lowest BCUT2D eigenvalue weighted by atomic mass is 10.1. The van der Waals surface area contributed by atoms with E-state index in [1.165, 1.54) is 0 Å². The standard InChI is InChI=1S/C9H21NO/c1-3-8-11-9(4-2)6-5-7-10/h9H,3-8,10H2,1-2H3. The van der Waals surface area contributed by atoms with Gasteiger partial charge in [-0.25, -0.2) is 0 Å². The predicted octanol–water partition coefficient (Wildman–Crippen LogP) is 1.93. The Morgan fingerprint density at radius 2 is 2.09 bits per heavy atom. The van der Waals surface area contributed by atoms with Crippen LogP contribution in [0.15, 0.2) is 0 Å². The van der Waals surface area contributed by atoms with Crippen molar-refractivity contribution in [3.8, 4) is 0 Å². The molecule has 0 spiro atoms. The Labute approximate surface area is 70.1 Å². The van der Waals surface area contributed by atoms with Gasteiger partial charge in [-0.3, -0.25) is 0 Å². The van der Waals surface area contributed by atoms with Crippen molar-refractivity contribution in [2.24, 2.45) is 5.73 Å². The first kappa shape index (κ1) is 10.9. The molecule has 2 N–H and O–H groups in total. The summed E-state index contributed by atoms with van der Waals surface area (Å²) >= 11 is 0. The van der Waals surface area contributed by atoms with Crippen LogP contribution in [0.5, 0.6) is 0 Å². The summed E-state index contributed by atoms with van der Waals surface area (Å²) in [5.41, 5.74) is 5.40. The van der Waals surface area contributed by atoms with E-state index in [2.05, 4.69) is 13.8 Å². The van der Waals surface area contributed by atoms with Crippen LogP contribution in [0, 0.1) is 0 Å². The first-order valence-corrected chi connectivity index (χ1v) is 4.66. The fraction of sp³-hybridized carbons (Fsp3) is 1.00. The predicted molar refractivity (Wildman–Crippen MR) is 48.6 cm³/mol. The molecule has 0 aliphatic carbocycles. The van der Waals surface area contributed by atoms with Gasteiger partial charge >= 0.3 is 0 Å². The number of rotatable bonds is 7. The molecule has 0 bridgehead atoms. The molecule has 0 aromatic heterocycles. The van der Waals surface area contributed by atoms with Crippen LogP contribution in [0.1, 0.15) is 39.5 Å². The molecule has 0 amide bonds. The zero-order chi connectivity index (χ0) is 8.53. The van der Waals surface area contributed by atoms with Crippen molar-refractivity contribution in [2.75, 3.05) is 13.2 Å². The van der Waals surface area contributed by atoms with E-state index in [1.807, 2.05) is 0 Å². The summed E-state index contributed by atoms with van der Waals surface area (Å²) in [6.45, 7) is 5.97. The minimum absolute atomic E-state index is 0.443. The summed E-state index contributed by atoms with van der Waals surface area (Å²) < 4.78 is 5.59. The highest BCUT2D eigenvalue weighted by Crippen LogP contribution is 2.05. The second kappa shape index (κ2) is 8.02. The van der Waals surface area contributed by atoms with E-state index in [0.717, 1.165) is 38.8 Å². The first-order chi connectivity index (χ1) is 5.35. The lowest BCUT2D eigenvalue weighted by molar-refractivity contribution is 0.0445. The van der Waals surface area contributed by atoms with Crippen LogP contribution >= 0.6 is 0 Å². The van der Waals surface area contributed by atoms with Crippen molar-refractivity contribution in [2.45, 2.75) is 45.6 Å². The summed E-state index contributed by atoms with van der Waals surface area (Å²) in [5.74, 6) is 0. The zero-order valence-corrected chi connectivity index (χ0v) is 7.81. The third-order valence-corrected chi connectivity index (χ3v) is 1.74. The molecular weight excluding hydrogens is 138 g/mol. The third kappa shape index (κ3) is 6.32. The molecule has 0 aliphatic rings. The molecule has 2 nitrogen and oxygen atoms in total. The number of ether oxygens (including phenoxy) is 1. The molecule has 1 unspecified atom stereocenters. The van der Waals surface area contributed by atoms with E-state index in [9.17, 15) is 0 Å². The van der Waals surface area contributed by atoms with E-state index in [4.69, 9.17) is 10.5 Å². The Morgan fingerprint density at radius 1 is 1.36 bits per heavy atom. The molecule has 0 rings (SSSR count). The van der Waals surface area contributed by atoms with E-state index < -0.39 is 0 Å². The van der Waals surface area contributed by atoms with Gasteiger partial charge in [-0.05, 0) is 32.2 Å². The zero-order valence-electron chi connectivity index (χ0n) is 7.81. The quantitative estimate of drug-likeness (QED) is 0.616. The van der Waals surface area contributed by atoms with E-state index in [0.29, 0.717) is 6.10 Å². The largest absolute Gasteiger partial charge is 0.378 e. The lowest BCUT2D eigenvalue weighted by Gasteiger charge is -2.14. The van der Waals surface area contributed by atoms with Gasteiger partial charge in [0.15, 0.2) is 0 Å². The average molecular weight is 159 g/mol. The highest BCUT2D eigenvalue weighted by Gasteiger charge is 2.03. The van der Waals surface area contributed by atoms with Gasteiger partial charge in [-0.2, -0.15) is 0 Å². The Kier molecular flexibility index (Phi) is 7.96. The van der Waals surface area contributed by atoms with Crippen LogP contribution in [0.2, 0.25) is 0 Å². The monoisotopic (exact) mass is 159 g/mol. The first-order valence-electron chi connectivity index (χ1n) is 4.66. The van der Waals surface area contributed by atoms with Gasteiger partial charge in [0.1, 0.15) is 0 Å². The van der Waals surface area contributed by atoms with Crippen molar-refractivity contribution in [1.82, 2.24) is 0 Å². The molecule has 11 heavy (non-hydrogen) atoms. The van der Waals surface area contributed by atoms with Crippen LogP contribution in [0.4, 0.5) is 0 Å². The highest BCUT2D eigenvalue weighted by atomic mass is 16.5. The van der Waals surface area contributed by atoms with E-state index >= 15 is 0 Å². The molecule has 0 aliphatic heterocycles. The summed E-state index contributed by atoms with van der Waals surface area (Å²) in [7, 11) is 0. The van der Waals surface area contributed by atoms with Gasteiger partial charge in [0.2, 0.25) is 0 Å². The highest BCUT2D eigenvalue weighted by molar-refractivity contribution is 4.55. The lowest BCUT2D eigenvalue weighted by Crippen LogP contribution is -2.14. The number of hydrogen-bond donors (Lipinski definition) is 1. The molecule has 2 heteroatoms. The van der Waals surface area contributed by atoms with Crippen molar-refractivity contribution < 1.29 is 4.74 Å². The Hall–Kier alpha value is -0.0800. The van der Waals surface area contributed by atoms with E-state index in [1.54, 1.807) is 0 Å². The summed E-state index contributed by atoms with van der Waals surface area (Å²) in [5, 5.41) is 0. The molecule has 0 aromatic carbocycles. The van der Waals surface area contributed by atoms with E-state index in [-0.39, 0.29) is 0 Å². The maximum absolute atomic E-state index is 5.59. The molecule has 0 radical (unpaired) electrons. The van der Waals surface area contributed by atoms with Gasteiger partial charge in [0.25, 0.3) is 0 Å². The molecule has 0 aromatic rings. The van der Waals surface area contributed by atoms with Crippen LogP contribution in [-0.2, 0) is 4.74 Å². The summed E-state index contributed by atoms with van der Waals surface area (Å²) in [6, 6.07) is 0. The van der Waals surface area contributed by atoms with Crippen LogP contribution in [0.25, 0.3) is 0 Å². The van der Waals surface area contributed by atoms with Crippen LogP contribution in [-0.4, -0.2) is 19.3 Å². The Morgan fingerprint density at radius 3 is 2.55 bits per heavy atom.